The van der Waals surface area contributed by atoms with E-state index >= 15 is 0 Å². The van der Waals surface area contributed by atoms with Gasteiger partial charge in [-0.1, -0.05) is 32.0 Å². The molecular weight excluding hydrogens is 428 g/mol. The number of fused-ring (bicyclic) bond motifs is 2. The van der Waals surface area contributed by atoms with Gasteiger partial charge < -0.3 is 18.9 Å². The van der Waals surface area contributed by atoms with Crippen LogP contribution in [0.25, 0.3) is 11.1 Å². The van der Waals surface area contributed by atoms with Crippen molar-refractivity contribution >= 4 is 5.97 Å². The van der Waals surface area contributed by atoms with Crippen molar-refractivity contribution in [1.29, 1.82) is 0 Å². The van der Waals surface area contributed by atoms with E-state index in [2.05, 4.69) is 58.0 Å². The summed E-state index contributed by atoms with van der Waals surface area (Å²) in [5.41, 5.74) is 9.23. The van der Waals surface area contributed by atoms with Crippen LogP contribution in [0.4, 0.5) is 0 Å². The molecule has 0 saturated heterocycles. The minimum absolute atomic E-state index is 0.00827. The molecule has 5 rings (SSSR count). The van der Waals surface area contributed by atoms with E-state index in [0.29, 0.717) is 19.8 Å². The first-order chi connectivity index (χ1) is 16.2. The second kappa shape index (κ2) is 8.48. The van der Waals surface area contributed by atoms with Crippen molar-refractivity contribution in [3.05, 3.63) is 81.9 Å². The Morgan fingerprint density at radius 3 is 2.74 bits per heavy atom. The SMILES string of the molecule is CC(=O)O[C@@H]1OCc2cc(OCc3cccc(-c4c(C)cc5c(c4C)C(C)(C)CO5)c3)ccc21. The summed E-state index contributed by atoms with van der Waals surface area (Å²) in [4.78, 5) is 11.3. The van der Waals surface area contributed by atoms with E-state index in [1.807, 2.05) is 18.2 Å². The zero-order valence-electron chi connectivity index (χ0n) is 20.4. The summed E-state index contributed by atoms with van der Waals surface area (Å²) in [6.07, 6.45) is -0.632. The van der Waals surface area contributed by atoms with Gasteiger partial charge in [-0.05, 0) is 77.6 Å². The molecule has 1 atom stereocenters. The minimum atomic E-state index is -0.632. The maximum atomic E-state index is 11.3. The smallest absolute Gasteiger partial charge is 0.305 e. The number of carbonyl (C=O) groups is 1. The monoisotopic (exact) mass is 458 g/mol. The number of hydrogen-bond donors (Lipinski definition) is 0. The van der Waals surface area contributed by atoms with E-state index in [1.165, 1.54) is 34.7 Å². The van der Waals surface area contributed by atoms with Gasteiger partial charge in [0.2, 0.25) is 6.29 Å². The molecule has 0 aromatic heterocycles. The zero-order valence-corrected chi connectivity index (χ0v) is 20.4. The van der Waals surface area contributed by atoms with Crippen LogP contribution in [0.15, 0.2) is 48.5 Å². The highest BCUT2D eigenvalue weighted by Gasteiger charge is 2.35. The Morgan fingerprint density at radius 1 is 1.12 bits per heavy atom. The highest BCUT2D eigenvalue weighted by atomic mass is 16.7. The molecule has 2 heterocycles. The molecule has 5 nitrogen and oxygen atoms in total. The molecule has 0 aliphatic carbocycles. The van der Waals surface area contributed by atoms with Gasteiger partial charge in [-0.15, -0.1) is 0 Å². The van der Waals surface area contributed by atoms with Crippen LogP contribution in [0.5, 0.6) is 11.5 Å². The Kier molecular flexibility index (Phi) is 5.61. The van der Waals surface area contributed by atoms with E-state index in [0.717, 1.165) is 28.2 Å². The normalized spacial score (nSPS) is 17.6. The van der Waals surface area contributed by atoms with Crippen molar-refractivity contribution in [2.45, 2.75) is 59.5 Å². The molecule has 0 N–H and O–H groups in total. The molecule has 3 aromatic carbocycles. The number of ether oxygens (including phenoxy) is 4. The highest BCUT2D eigenvalue weighted by Crippen LogP contribution is 2.45. The summed E-state index contributed by atoms with van der Waals surface area (Å²) in [6, 6.07) is 16.5. The van der Waals surface area contributed by atoms with Crippen molar-refractivity contribution in [2.24, 2.45) is 0 Å². The van der Waals surface area contributed by atoms with Crippen LogP contribution in [0, 0.1) is 13.8 Å². The molecule has 0 spiro atoms. The first kappa shape index (κ1) is 22.5. The van der Waals surface area contributed by atoms with Crippen LogP contribution in [-0.4, -0.2) is 12.6 Å². The van der Waals surface area contributed by atoms with E-state index < -0.39 is 6.29 Å². The lowest BCUT2D eigenvalue weighted by Gasteiger charge is -2.21. The lowest BCUT2D eigenvalue weighted by molar-refractivity contribution is -0.175. The Hall–Kier alpha value is -3.31. The Labute approximate surface area is 200 Å². The van der Waals surface area contributed by atoms with E-state index in [1.54, 1.807) is 0 Å². The number of rotatable bonds is 5. The van der Waals surface area contributed by atoms with E-state index in [9.17, 15) is 4.79 Å². The molecule has 0 unspecified atom stereocenters. The van der Waals surface area contributed by atoms with Gasteiger partial charge in [0.05, 0.1) is 13.2 Å². The van der Waals surface area contributed by atoms with Crippen LogP contribution in [0.1, 0.15) is 60.4 Å². The maximum Gasteiger partial charge on any atom is 0.305 e. The molecule has 0 fully saturated rings. The topological polar surface area (TPSA) is 54.0 Å². The van der Waals surface area contributed by atoms with Crippen molar-refractivity contribution in [1.82, 2.24) is 0 Å². The number of hydrogen-bond acceptors (Lipinski definition) is 5. The molecule has 2 aliphatic heterocycles. The lowest BCUT2D eigenvalue weighted by Crippen LogP contribution is -2.19. The first-order valence-electron chi connectivity index (χ1n) is 11.6. The minimum Gasteiger partial charge on any atom is -0.492 e. The Bertz CT molecular complexity index is 1270. The van der Waals surface area contributed by atoms with E-state index in [-0.39, 0.29) is 11.4 Å². The van der Waals surface area contributed by atoms with Crippen LogP contribution in [0.2, 0.25) is 0 Å². The molecule has 0 amide bonds. The predicted octanol–water partition coefficient (Wildman–Crippen LogP) is 6.31. The largest absolute Gasteiger partial charge is 0.492 e. The molecular formula is C29H30O5. The molecule has 0 saturated carbocycles. The predicted molar refractivity (Wildman–Crippen MR) is 130 cm³/mol. The third-order valence-electron chi connectivity index (χ3n) is 6.66. The average molecular weight is 459 g/mol. The molecule has 2 aliphatic rings. The second-order valence-electron chi connectivity index (χ2n) is 9.84. The van der Waals surface area contributed by atoms with E-state index in [4.69, 9.17) is 18.9 Å². The van der Waals surface area contributed by atoms with Crippen molar-refractivity contribution < 1.29 is 23.7 Å². The van der Waals surface area contributed by atoms with Crippen LogP contribution >= 0.6 is 0 Å². The van der Waals surface area contributed by atoms with Gasteiger partial charge in [0.1, 0.15) is 18.1 Å². The van der Waals surface area contributed by atoms with Gasteiger partial charge in [0.15, 0.2) is 0 Å². The van der Waals surface area contributed by atoms with Gasteiger partial charge in [-0.3, -0.25) is 4.79 Å². The number of esters is 1. The highest BCUT2D eigenvalue weighted by molar-refractivity contribution is 5.75. The van der Waals surface area contributed by atoms with Gasteiger partial charge >= 0.3 is 5.97 Å². The summed E-state index contributed by atoms with van der Waals surface area (Å²) in [6.45, 7) is 11.8. The molecule has 0 bridgehead atoms. The van der Waals surface area contributed by atoms with Gasteiger partial charge in [0, 0.05) is 23.5 Å². The maximum absolute atomic E-state index is 11.3. The molecule has 3 aromatic rings. The molecule has 5 heteroatoms. The third-order valence-corrected chi connectivity index (χ3v) is 6.66. The first-order valence-corrected chi connectivity index (χ1v) is 11.6. The van der Waals surface area contributed by atoms with Crippen LogP contribution in [-0.2, 0) is 32.9 Å². The van der Waals surface area contributed by atoms with Gasteiger partial charge in [-0.2, -0.15) is 0 Å². The fraction of sp³-hybridized carbons (Fsp3) is 0.345. The average Bonchev–Trinajstić information content (AvgIpc) is 3.31. The van der Waals surface area contributed by atoms with Gasteiger partial charge in [-0.25, -0.2) is 0 Å². The summed E-state index contributed by atoms with van der Waals surface area (Å²) in [5.74, 6) is 1.42. The van der Waals surface area contributed by atoms with Crippen molar-refractivity contribution in [2.75, 3.05) is 6.61 Å². The van der Waals surface area contributed by atoms with Crippen molar-refractivity contribution in [3.63, 3.8) is 0 Å². The quantitative estimate of drug-likeness (QED) is 0.419. The van der Waals surface area contributed by atoms with Crippen LogP contribution < -0.4 is 9.47 Å². The summed E-state index contributed by atoms with van der Waals surface area (Å²) in [5, 5.41) is 0. The Morgan fingerprint density at radius 2 is 1.94 bits per heavy atom. The summed E-state index contributed by atoms with van der Waals surface area (Å²) < 4.78 is 22.9. The second-order valence-corrected chi connectivity index (χ2v) is 9.84. The number of aryl methyl sites for hydroxylation is 1. The fourth-order valence-corrected chi connectivity index (χ4v) is 5.19. The fourth-order valence-electron chi connectivity index (χ4n) is 5.19. The number of carbonyl (C=O) groups excluding carboxylic acids is 1. The summed E-state index contributed by atoms with van der Waals surface area (Å²) in [7, 11) is 0. The zero-order chi connectivity index (χ0) is 24.0. The third kappa shape index (κ3) is 4.05. The van der Waals surface area contributed by atoms with Crippen LogP contribution in [0.3, 0.4) is 0 Å². The molecule has 176 valence electrons. The lowest BCUT2D eigenvalue weighted by atomic mass is 9.80. The molecule has 34 heavy (non-hydrogen) atoms. The number of benzene rings is 3. The summed E-state index contributed by atoms with van der Waals surface area (Å²) >= 11 is 0. The standard InChI is InChI=1S/C29H30O5/c1-17-11-25-27(29(4,5)16-33-25)18(2)26(17)21-8-6-7-20(12-21)14-31-23-9-10-24-22(13-23)15-32-28(24)34-19(3)30/h6-13,28H,14-16H2,1-5H3/t28-/m0/s1. The van der Waals surface area contributed by atoms with Gasteiger partial charge in [0.25, 0.3) is 0 Å². The Balaban J connectivity index is 1.36. The van der Waals surface area contributed by atoms with Crippen molar-refractivity contribution in [3.8, 4) is 22.6 Å². The molecule has 0 radical (unpaired) electrons.